The molecule has 0 unspecified atom stereocenters. The second kappa shape index (κ2) is 8.43. The van der Waals surface area contributed by atoms with Crippen LogP contribution in [0.2, 0.25) is 0 Å². The van der Waals surface area contributed by atoms with Gasteiger partial charge in [0.25, 0.3) is 0 Å². The molecule has 152 valence electrons. The highest BCUT2D eigenvalue weighted by atomic mass is 16.5. The summed E-state index contributed by atoms with van der Waals surface area (Å²) in [7, 11) is 3.28. The number of nitrogens with one attached hydrogen (secondary N) is 1. The summed E-state index contributed by atoms with van der Waals surface area (Å²) >= 11 is 0. The van der Waals surface area contributed by atoms with Crippen LogP contribution in [0.3, 0.4) is 0 Å². The van der Waals surface area contributed by atoms with Crippen molar-refractivity contribution in [2.24, 2.45) is 0 Å². The van der Waals surface area contributed by atoms with E-state index >= 15 is 0 Å². The van der Waals surface area contributed by atoms with Crippen molar-refractivity contribution in [1.29, 1.82) is 0 Å². The number of fused-ring (bicyclic) bond motifs is 1. The minimum Gasteiger partial charge on any atom is -0.497 e. The maximum absolute atomic E-state index is 12.2. The van der Waals surface area contributed by atoms with E-state index in [4.69, 9.17) is 13.9 Å². The minimum absolute atomic E-state index is 0.0752. The Morgan fingerprint density at radius 3 is 2.59 bits per heavy atom. The molecule has 0 spiro atoms. The van der Waals surface area contributed by atoms with Crippen LogP contribution in [-0.4, -0.2) is 26.2 Å². The number of ether oxygens (including phenoxy) is 2. The number of carbonyl (C=O) groups is 1. The second-order valence-electron chi connectivity index (χ2n) is 7.33. The van der Waals surface area contributed by atoms with Gasteiger partial charge in [-0.3, -0.25) is 4.79 Å². The van der Waals surface area contributed by atoms with Crippen molar-refractivity contribution in [1.82, 2.24) is 5.32 Å². The van der Waals surface area contributed by atoms with Gasteiger partial charge in [0.1, 0.15) is 17.1 Å². The SMILES string of the molecule is COc1cccc(-c2coc3c(C)c(OC)c(/C(C)=C/C(=O)NC(C)C)cc23)c1. The van der Waals surface area contributed by atoms with Crippen molar-refractivity contribution in [2.45, 2.75) is 33.7 Å². The number of hydrogen-bond acceptors (Lipinski definition) is 4. The molecule has 0 aliphatic carbocycles. The van der Waals surface area contributed by atoms with Crippen LogP contribution < -0.4 is 14.8 Å². The maximum Gasteiger partial charge on any atom is 0.244 e. The molecule has 5 nitrogen and oxygen atoms in total. The lowest BCUT2D eigenvalue weighted by atomic mass is 9.96. The Hall–Kier alpha value is -3.21. The lowest BCUT2D eigenvalue weighted by Gasteiger charge is -2.14. The summed E-state index contributed by atoms with van der Waals surface area (Å²) in [6.45, 7) is 7.74. The van der Waals surface area contributed by atoms with Crippen LogP contribution in [0.4, 0.5) is 0 Å². The Kier molecular flexibility index (Phi) is 5.97. The molecule has 0 bridgehead atoms. The molecule has 2 aromatic carbocycles. The van der Waals surface area contributed by atoms with Gasteiger partial charge in [0.15, 0.2) is 0 Å². The quantitative estimate of drug-likeness (QED) is 0.573. The van der Waals surface area contributed by atoms with Crippen LogP contribution in [0.1, 0.15) is 31.9 Å². The van der Waals surface area contributed by atoms with E-state index in [0.29, 0.717) is 5.75 Å². The van der Waals surface area contributed by atoms with E-state index < -0.39 is 0 Å². The van der Waals surface area contributed by atoms with E-state index in [-0.39, 0.29) is 11.9 Å². The van der Waals surface area contributed by atoms with E-state index in [0.717, 1.165) is 44.5 Å². The lowest BCUT2D eigenvalue weighted by molar-refractivity contribution is -0.116. The average Bonchev–Trinajstić information content (AvgIpc) is 3.11. The minimum atomic E-state index is -0.127. The third-order valence-electron chi connectivity index (χ3n) is 4.83. The Balaban J connectivity index is 2.18. The van der Waals surface area contributed by atoms with E-state index in [9.17, 15) is 4.79 Å². The maximum atomic E-state index is 12.2. The summed E-state index contributed by atoms with van der Waals surface area (Å²) in [4.78, 5) is 12.2. The molecule has 1 aromatic heterocycles. The van der Waals surface area contributed by atoms with E-state index in [2.05, 4.69) is 5.32 Å². The van der Waals surface area contributed by atoms with Gasteiger partial charge in [-0.25, -0.2) is 0 Å². The Bertz CT molecular complexity index is 1080. The van der Waals surface area contributed by atoms with Crippen LogP contribution in [-0.2, 0) is 4.79 Å². The molecule has 0 radical (unpaired) electrons. The number of benzene rings is 2. The summed E-state index contributed by atoms with van der Waals surface area (Å²) in [5.74, 6) is 1.36. The van der Waals surface area contributed by atoms with Gasteiger partial charge in [0.05, 0.1) is 20.5 Å². The number of allylic oxidation sites excluding steroid dienone is 1. The molecule has 0 saturated carbocycles. The highest BCUT2D eigenvalue weighted by Gasteiger charge is 2.19. The second-order valence-corrected chi connectivity index (χ2v) is 7.33. The van der Waals surface area contributed by atoms with Crippen molar-refractivity contribution in [3.8, 4) is 22.6 Å². The molecule has 0 aliphatic heterocycles. The van der Waals surface area contributed by atoms with Crippen LogP contribution in [0.5, 0.6) is 11.5 Å². The van der Waals surface area contributed by atoms with Gasteiger partial charge >= 0.3 is 0 Å². The first-order valence-electron chi connectivity index (χ1n) is 9.58. The zero-order valence-corrected chi connectivity index (χ0v) is 17.8. The van der Waals surface area contributed by atoms with Gasteiger partial charge in [-0.2, -0.15) is 0 Å². The van der Waals surface area contributed by atoms with Gasteiger partial charge in [0, 0.05) is 34.2 Å². The van der Waals surface area contributed by atoms with Gasteiger partial charge in [-0.05, 0) is 57.0 Å². The zero-order valence-electron chi connectivity index (χ0n) is 17.8. The molecular weight excluding hydrogens is 366 g/mol. The number of aryl methyl sites for hydroxylation is 1. The Morgan fingerprint density at radius 2 is 1.93 bits per heavy atom. The number of methoxy groups -OCH3 is 2. The van der Waals surface area contributed by atoms with Crippen molar-refractivity contribution in [3.63, 3.8) is 0 Å². The number of hydrogen-bond donors (Lipinski definition) is 1. The molecule has 1 heterocycles. The molecule has 1 amide bonds. The Labute approximate surface area is 171 Å². The Morgan fingerprint density at radius 1 is 1.17 bits per heavy atom. The summed E-state index contributed by atoms with van der Waals surface area (Å²) in [5, 5.41) is 3.85. The molecule has 1 N–H and O–H groups in total. The first kappa shape index (κ1) is 20.5. The van der Waals surface area contributed by atoms with E-state index in [1.807, 2.05) is 58.0 Å². The highest BCUT2D eigenvalue weighted by molar-refractivity contribution is 6.01. The molecule has 0 aliphatic rings. The number of amides is 1. The van der Waals surface area contributed by atoms with Crippen molar-refractivity contribution in [3.05, 3.63) is 53.8 Å². The lowest BCUT2D eigenvalue weighted by Crippen LogP contribution is -2.28. The number of carbonyl (C=O) groups excluding carboxylic acids is 1. The summed E-state index contributed by atoms with van der Waals surface area (Å²) in [6, 6.07) is 9.95. The molecule has 3 aromatic rings. The summed E-state index contributed by atoms with van der Waals surface area (Å²) in [5.41, 5.74) is 5.31. The van der Waals surface area contributed by atoms with Crippen molar-refractivity contribution < 1.29 is 18.7 Å². The summed E-state index contributed by atoms with van der Waals surface area (Å²) < 4.78 is 16.9. The smallest absolute Gasteiger partial charge is 0.244 e. The molecule has 0 fully saturated rings. The molecule has 29 heavy (non-hydrogen) atoms. The van der Waals surface area contributed by atoms with Crippen LogP contribution in [0.15, 0.2) is 47.1 Å². The van der Waals surface area contributed by atoms with Gasteiger partial charge in [-0.15, -0.1) is 0 Å². The summed E-state index contributed by atoms with van der Waals surface area (Å²) in [6.07, 6.45) is 3.36. The average molecular weight is 393 g/mol. The van der Waals surface area contributed by atoms with Crippen LogP contribution in [0.25, 0.3) is 27.7 Å². The third kappa shape index (κ3) is 4.14. The van der Waals surface area contributed by atoms with E-state index in [1.165, 1.54) is 0 Å². The first-order valence-corrected chi connectivity index (χ1v) is 9.58. The fourth-order valence-corrected chi connectivity index (χ4v) is 3.49. The van der Waals surface area contributed by atoms with Crippen LogP contribution in [0, 0.1) is 6.92 Å². The third-order valence-corrected chi connectivity index (χ3v) is 4.83. The van der Waals surface area contributed by atoms with E-state index in [1.54, 1.807) is 26.6 Å². The normalized spacial score (nSPS) is 11.8. The largest absolute Gasteiger partial charge is 0.497 e. The fraction of sp³-hybridized carbons (Fsp3) is 0.292. The number of rotatable bonds is 6. The topological polar surface area (TPSA) is 60.7 Å². The fourth-order valence-electron chi connectivity index (χ4n) is 3.49. The number of furan rings is 1. The molecule has 5 heteroatoms. The molecule has 0 atom stereocenters. The van der Waals surface area contributed by atoms with Gasteiger partial charge in [-0.1, -0.05) is 12.1 Å². The van der Waals surface area contributed by atoms with Crippen molar-refractivity contribution in [2.75, 3.05) is 14.2 Å². The first-order chi connectivity index (χ1) is 13.8. The predicted molar refractivity (Wildman–Crippen MR) is 116 cm³/mol. The molecule has 0 saturated heterocycles. The van der Waals surface area contributed by atoms with Crippen LogP contribution >= 0.6 is 0 Å². The van der Waals surface area contributed by atoms with Gasteiger partial charge < -0.3 is 19.2 Å². The molecular formula is C24H27NO4. The van der Waals surface area contributed by atoms with Crippen molar-refractivity contribution >= 4 is 22.4 Å². The molecule has 3 rings (SSSR count). The highest BCUT2D eigenvalue weighted by Crippen LogP contribution is 2.41. The predicted octanol–water partition coefficient (Wildman–Crippen LogP) is 5.35. The van der Waals surface area contributed by atoms with Gasteiger partial charge in [0.2, 0.25) is 5.91 Å². The monoisotopic (exact) mass is 393 g/mol. The zero-order chi connectivity index (χ0) is 21.1. The standard InChI is InChI=1S/C24H27NO4/c1-14(2)25-22(26)10-15(3)19-12-20-21(17-8-7-9-18(11-17)27-5)13-29-24(20)16(4)23(19)28-6/h7-14H,1-6H3,(H,25,26)/b15-10+.